The molecule has 0 aliphatic carbocycles. The van der Waals surface area contributed by atoms with E-state index in [9.17, 15) is 4.79 Å². The van der Waals surface area contributed by atoms with Gasteiger partial charge in [0.15, 0.2) is 11.5 Å². The zero-order chi connectivity index (χ0) is 18.4. The lowest BCUT2D eigenvalue weighted by Crippen LogP contribution is -2.49. The van der Waals surface area contributed by atoms with Crippen molar-refractivity contribution in [2.75, 3.05) is 45.7 Å². The number of rotatable bonds is 5. The summed E-state index contributed by atoms with van der Waals surface area (Å²) in [5.74, 6) is 1.22. The zero-order valence-electron chi connectivity index (χ0n) is 15.1. The number of aromatic nitrogens is 1. The molecule has 2 aromatic rings. The number of urea groups is 1. The van der Waals surface area contributed by atoms with Crippen LogP contribution in [0.4, 0.5) is 10.5 Å². The van der Waals surface area contributed by atoms with Crippen LogP contribution in [0.3, 0.4) is 0 Å². The zero-order valence-corrected chi connectivity index (χ0v) is 15.1. The first-order valence-electron chi connectivity index (χ1n) is 8.59. The Morgan fingerprint density at radius 3 is 2.54 bits per heavy atom. The van der Waals surface area contributed by atoms with Crippen LogP contribution in [0.15, 0.2) is 42.7 Å². The molecule has 0 unspecified atom stereocenters. The number of carbonyl (C=O) groups is 1. The average Bonchev–Trinajstić information content (AvgIpc) is 2.69. The number of benzene rings is 1. The van der Waals surface area contributed by atoms with Crippen molar-refractivity contribution in [2.24, 2.45) is 0 Å². The normalized spacial score (nSPS) is 14.8. The van der Waals surface area contributed by atoms with Crippen LogP contribution in [0.1, 0.15) is 5.56 Å². The molecule has 0 radical (unpaired) electrons. The molecule has 1 aliphatic heterocycles. The van der Waals surface area contributed by atoms with E-state index in [1.165, 1.54) is 5.56 Å². The fraction of sp³-hybridized carbons (Fsp3) is 0.368. The molecule has 138 valence electrons. The van der Waals surface area contributed by atoms with Gasteiger partial charge < -0.3 is 19.7 Å². The van der Waals surface area contributed by atoms with Gasteiger partial charge >= 0.3 is 6.03 Å². The van der Waals surface area contributed by atoms with Crippen molar-refractivity contribution in [3.8, 4) is 11.5 Å². The first kappa shape index (κ1) is 18.0. The predicted molar refractivity (Wildman–Crippen MR) is 99.7 cm³/mol. The topological polar surface area (TPSA) is 66.9 Å². The molecule has 1 aromatic heterocycles. The van der Waals surface area contributed by atoms with E-state index in [2.05, 4.69) is 21.3 Å². The van der Waals surface area contributed by atoms with Gasteiger partial charge in [-0.3, -0.25) is 9.88 Å². The lowest BCUT2D eigenvalue weighted by molar-refractivity contribution is 0.143. The standard InChI is InChI=1S/C19H24N4O3/c1-25-17-6-5-16(12-18(17)26-2)21-19(24)23-10-8-22(9-11-23)14-15-4-3-7-20-13-15/h3-7,12-13H,8-11,14H2,1-2H3,(H,21,24). The lowest BCUT2D eigenvalue weighted by atomic mass is 10.2. The van der Waals surface area contributed by atoms with Gasteiger partial charge in [-0.1, -0.05) is 6.07 Å². The molecule has 2 heterocycles. The maximum atomic E-state index is 12.5. The summed E-state index contributed by atoms with van der Waals surface area (Å²) in [6.45, 7) is 3.93. The van der Waals surface area contributed by atoms with Crippen LogP contribution in [-0.2, 0) is 6.54 Å². The van der Waals surface area contributed by atoms with Crippen molar-refractivity contribution < 1.29 is 14.3 Å². The Balaban J connectivity index is 1.52. The third-order valence-electron chi connectivity index (χ3n) is 4.42. The van der Waals surface area contributed by atoms with Gasteiger partial charge in [0.1, 0.15) is 0 Å². The monoisotopic (exact) mass is 356 g/mol. The summed E-state index contributed by atoms with van der Waals surface area (Å²) in [4.78, 5) is 20.8. The Hall–Kier alpha value is -2.80. The van der Waals surface area contributed by atoms with E-state index in [1.54, 1.807) is 38.6 Å². The summed E-state index contributed by atoms with van der Waals surface area (Å²) in [6, 6.07) is 9.26. The van der Waals surface area contributed by atoms with Gasteiger partial charge in [0.2, 0.25) is 0 Å². The van der Waals surface area contributed by atoms with E-state index < -0.39 is 0 Å². The van der Waals surface area contributed by atoms with Gasteiger partial charge in [0.05, 0.1) is 14.2 Å². The molecular formula is C19H24N4O3. The molecule has 1 aliphatic rings. The van der Waals surface area contributed by atoms with Gasteiger partial charge in [-0.05, 0) is 23.8 Å². The van der Waals surface area contributed by atoms with Crippen LogP contribution >= 0.6 is 0 Å². The minimum Gasteiger partial charge on any atom is -0.493 e. The smallest absolute Gasteiger partial charge is 0.321 e. The maximum Gasteiger partial charge on any atom is 0.321 e. The van der Waals surface area contributed by atoms with Gasteiger partial charge in [0, 0.05) is 56.9 Å². The SMILES string of the molecule is COc1ccc(NC(=O)N2CCN(Cc3cccnc3)CC2)cc1OC. The summed E-state index contributed by atoms with van der Waals surface area (Å²) in [5, 5.41) is 2.93. The summed E-state index contributed by atoms with van der Waals surface area (Å²) in [7, 11) is 3.16. The van der Waals surface area contributed by atoms with Gasteiger partial charge in [-0.15, -0.1) is 0 Å². The van der Waals surface area contributed by atoms with E-state index in [-0.39, 0.29) is 6.03 Å². The number of methoxy groups -OCH3 is 2. The van der Waals surface area contributed by atoms with E-state index in [1.807, 2.05) is 17.2 Å². The second kappa shape index (κ2) is 8.53. The Kier molecular flexibility index (Phi) is 5.91. The largest absolute Gasteiger partial charge is 0.493 e. The number of nitrogens with zero attached hydrogens (tertiary/aromatic N) is 3. The molecule has 7 heteroatoms. The number of piperazine rings is 1. The van der Waals surface area contributed by atoms with E-state index in [0.717, 1.165) is 19.6 Å². The third kappa shape index (κ3) is 4.43. The molecule has 1 fully saturated rings. The molecular weight excluding hydrogens is 332 g/mol. The molecule has 0 atom stereocenters. The predicted octanol–water partition coefficient (Wildman–Crippen LogP) is 2.45. The third-order valence-corrected chi connectivity index (χ3v) is 4.42. The fourth-order valence-electron chi connectivity index (χ4n) is 2.98. The van der Waals surface area contributed by atoms with Crippen LogP contribution < -0.4 is 14.8 Å². The number of nitrogens with one attached hydrogen (secondary N) is 1. The van der Waals surface area contributed by atoms with Crippen molar-refractivity contribution in [3.05, 3.63) is 48.3 Å². The first-order valence-corrected chi connectivity index (χ1v) is 8.59. The minimum absolute atomic E-state index is 0.0988. The molecule has 1 aromatic carbocycles. The van der Waals surface area contributed by atoms with E-state index in [4.69, 9.17) is 9.47 Å². The number of hydrogen-bond donors (Lipinski definition) is 1. The average molecular weight is 356 g/mol. The van der Waals surface area contributed by atoms with Crippen molar-refractivity contribution in [3.63, 3.8) is 0 Å². The molecule has 3 rings (SSSR count). The number of carbonyl (C=O) groups excluding carboxylic acids is 1. The molecule has 0 saturated carbocycles. The summed E-state index contributed by atoms with van der Waals surface area (Å²) >= 11 is 0. The number of hydrogen-bond acceptors (Lipinski definition) is 5. The molecule has 7 nitrogen and oxygen atoms in total. The molecule has 2 amide bonds. The second-order valence-corrected chi connectivity index (χ2v) is 6.12. The van der Waals surface area contributed by atoms with Crippen molar-refractivity contribution in [2.45, 2.75) is 6.54 Å². The van der Waals surface area contributed by atoms with Gasteiger partial charge in [-0.2, -0.15) is 0 Å². The number of pyridine rings is 1. The maximum absolute atomic E-state index is 12.5. The van der Waals surface area contributed by atoms with Crippen molar-refractivity contribution >= 4 is 11.7 Å². The highest BCUT2D eigenvalue weighted by molar-refractivity contribution is 5.89. The van der Waals surface area contributed by atoms with Crippen LogP contribution in [0, 0.1) is 0 Å². The van der Waals surface area contributed by atoms with Crippen LogP contribution in [0.2, 0.25) is 0 Å². The highest BCUT2D eigenvalue weighted by Gasteiger charge is 2.21. The number of anilines is 1. The summed E-state index contributed by atoms with van der Waals surface area (Å²) in [5.41, 5.74) is 1.88. The Morgan fingerprint density at radius 2 is 1.88 bits per heavy atom. The van der Waals surface area contributed by atoms with Crippen LogP contribution in [0.5, 0.6) is 11.5 Å². The first-order chi connectivity index (χ1) is 12.7. The Morgan fingerprint density at radius 1 is 1.12 bits per heavy atom. The minimum atomic E-state index is -0.0988. The highest BCUT2D eigenvalue weighted by atomic mass is 16.5. The molecule has 26 heavy (non-hydrogen) atoms. The quantitative estimate of drug-likeness (QED) is 0.891. The van der Waals surface area contributed by atoms with E-state index >= 15 is 0 Å². The Labute approximate surface area is 153 Å². The summed E-state index contributed by atoms with van der Waals surface area (Å²) < 4.78 is 10.5. The van der Waals surface area contributed by atoms with E-state index in [0.29, 0.717) is 30.3 Å². The molecule has 1 N–H and O–H groups in total. The molecule has 0 spiro atoms. The highest BCUT2D eigenvalue weighted by Crippen LogP contribution is 2.29. The summed E-state index contributed by atoms with van der Waals surface area (Å²) in [6.07, 6.45) is 3.66. The lowest BCUT2D eigenvalue weighted by Gasteiger charge is -2.34. The Bertz CT molecular complexity index is 731. The number of amides is 2. The fourth-order valence-corrected chi connectivity index (χ4v) is 2.98. The second-order valence-electron chi connectivity index (χ2n) is 6.12. The van der Waals surface area contributed by atoms with Gasteiger partial charge in [0.25, 0.3) is 0 Å². The molecule has 0 bridgehead atoms. The van der Waals surface area contributed by atoms with Crippen molar-refractivity contribution in [1.82, 2.24) is 14.8 Å². The molecule has 1 saturated heterocycles. The van der Waals surface area contributed by atoms with Crippen molar-refractivity contribution in [1.29, 1.82) is 0 Å². The van der Waals surface area contributed by atoms with Crippen LogP contribution in [0.25, 0.3) is 0 Å². The van der Waals surface area contributed by atoms with Gasteiger partial charge in [-0.25, -0.2) is 4.79 Å². The number of ether oxygens (including phenoxy) is 2. The van der Waals surface area contributed by atoms with Crippen LogP contribution in [-0.4, -0.2) is 61.2 Å².